The first-order valence-corrected chi connectivity index (χ1v) is 3.98. The lowest BCUT2D eigenvalue weighted by atomic mass is 10.2. The second-order valence-electron chi connectivity index (χ2n) is 2.35. The van der Waals surface area contributed by atoms with E-state index in [0.717, 1.165) is 0 Å². The normalized spacial score (nSPS) is 15.0. The Morgan fingerprint density at radius 2 is 2.08 bits per heavy atom. The predicted octanol–water partition coefficient (Wildman–Crippen LogP) is 0.860. The molecule has 0 aliphatic carbocycles. The molecule has 0 fully saturated rings. The van der Waals surface area contributed by atoms with Gasteiger partial charge in [0.2, 0.25) is 5.90 Å². The maximum atomic E-state index is 10.5. The van der Waals surface area contributed by atoms with Crippen molar-refractivity contribution in [3.8, 4) is 0 Å². The van der Waals surface area contributed by atoms with Crippen LogP contribution in [-0.4, -0.2) is 30.3 Å². The summed E-state index contributed by atoms with van der Waals surface area (Å²) in [4.78, 5) is 10.5. The summed E-state index contributed by atoms with van der Waals surface area (Å²) in [6, 6.07) is 0. The predicted molar refractivity (Wildman–Crippen MR) is 48.7 cm³/mol. The van der Waals surface area contributed by atoms with Crippen molar-refractivity contribution < 1.29 is 14.3 Å². The van der Waals surface area contributed by atoms with Crippen LogP contribution in [0.3, 0.4) is 0 Å². The smallest absolute Gasteiger partial charge is 0.309 e. The maximum Gasteiger partial charge on any atom is 0.309 e. The molecule has 0 aromatic heterocycles. The number of carbonyl (C=O) groups excluding carboxylic acids is 1. The number of hydrogen-bond donors (Lipinski definition) is 2. The molecule has 12 heavy (non-hydrogen) atoms. The van der Waals surface area contributed by atoms with Crippen LogP contribution in [-0.2, 0) is 14.3 Å². The second kappa shape index (κ2) is 5.16. The molecule has 0 radical (unpaired) electrons. The van der Waals surface area contributed by atoms with E-state index < -0.39 is 12.1 Å². The van der Waals surface area contributed by atoms with Crippen molar-refractivity contribution in [1.82, 2.24) is 0 Å². The molecule has 0 aromatic carbocycles. The highest BCUT2D eigenvalue weighted by Gasteiger charge is 2.21. The Morgan fingerprint density at radius 3 is 2.33 bits per heavy atom. The van der Waals surface area contributed by atoms with E-state index in [1.54, 1.807) is 6.92 Å². The van der Waals surface area contributed by atoms with Gasteiger partial charge in [0.25, 0.3) is 0 Å². The van der Waals surface area contributed by atoms with Gasteiger partial charge in [0, 0.05) is 19.3 Å². The zero-order chi connectivity index (χ0) is 9.72. The summed E-state index contributed by atoms with van der Waals surface area (Å²) < 4.78 is 9.43. The SMILES string of the molecule is COC(C(=N)OC(C)=O)C(C)S. The summed E-state index contributed by atoms with van der Waals surface area (Å²) in [6.07, 6.45) is -0.572. The van der Waals surface area contributed by atoms with Gasteiger partial charge in [0.05, 0.1) is 0 Å². The molecular formula is C7H13NO3S. The third-order valence-electron chi connectivity index (χ3n) is 1.20. The average Bonchev–Trinajstić information content (AvgIpc) is 1.85. The molecule has 0 spiro atoms. The van der Waals surface area contributed by atoms with Crippen LogP contribution < -0.4 is 0 Å². The Balaban J connectivity index is 4.12. The first kappa shape index (κ1) is 11.4. The van der Waals surface area contributed by atoms with Gasteiger partial charge in [0.1, 0.15) is 6.10 Å². The van der Waals surface area contributed by atoms with E-state index >= 15 is 0 Å². The molecule has 0 aromatic rings. The summed E-state index contributed by atoms with van der Waals surface area (Å²) in [5, 5.41) is 7.11. The lowest BCUT2D eigenvalue weighted by Crippen LogP contribution is -2.32. The highest BCUT2D eigenvalue weighted by atomic mass is 32.1. The number of ether oxygens (including phenoxy) is 2. The van der Waals surface area contributed by atoms with Crippen LogP contribution in [0.2, 0.25) is 0 Å². The molecular weight excluding hydrogens is 178 g/mol. The number of hydrogen-bond acceptors (Lipinski definition) is 5. The molecule has 0 aliphatic rings. The number of methoxy groups -OCH3 is 1. The average molecular weight is 191 g/mol. The van der Waals surface area contributed by atoms with Crippen LogP contribution in [0.4, 0.5) is 0 Å². The number of nitrogens with one attached hydrogen (secondary N) is 1. The standard InChI is InChI=1S/C7H13NO3S/c1-4(12)6(10-3)7(8)11-5(2)9/h4,6,8,12H,1-3H3. The molecule has 0 bridgehead atoms. The first-order chi connectivity index (χ1) is 5.49. The van der Waals surface area contributed by atoms with Crippen molar-refractivity contribution >= 4 is 24.5 Å². The van der Waals surface area contributed by atoms with Crippen molar-refractivity contribution in [3.05, 3.63) is 0 Å². The van der Waals surface area contributed by atoms with E-state index in [4.69, 9.17) is 10.1 Å². The van der Waals surface area contributed by atoms with Crippen molar-refractivity contribution in [2.75, 3.05) is 7.11 Å². The fraction of sp³-hybridized carbons (Fsp3) is 0.714. The zero-order valence-electron chi connectivity index (χ0n) is 7.33. The molecule has 4 nitrogen and oxygen atoms in total. The zero-order valence-corrected chi connectivity index (χ0v) is 8.22. The number of thiol groups is 1. The minimum Gasteiger partial charge on any atom is -0.409 e. The van der Waals surface area contributed by atoms with Gasteiger partial charge in [-0.2, -0.15) is 12.6 Å². The fourth-order valence-electron chi connectivity index (χ4n) is 0.736. The summed E-state index contributed by atoms with van der Waals surface area (Å²) in [6.45, 7) is 3.00. The molecule has 70 valence electrons. The van der Waals surface area contributed by atoms with Gasteiger partial charge in [-0.3, -0.25) is 10.2 Å². The van der Waals surface area contributed by atoms with E-state index in [-0.39, 0.29) is 11.1 Å². The lowest BCUT2D eigenvalue weighted by Gasteiger charge is -2.17. The van der Waals surface area contributed by atoms with Crippen LogP contribution in [0.25, 0.3) is 0 Å². The minimum absolute atomic E-state index is 0.179. The van der Waals surface area contributed by atoms with Crippen LogP contribution >= 0.6 is 12.6 Å². The van der Waals surface area contributed by atoms with E-state index in [2.05, 4.69) is 17.4 Å². The third kappa shape index (κ3) is 3.73. The summed E-state index contributed by atoms with van der Waals surface area (Å²) in [7, 11) is 1.44. The van der Waals surface area contributed by atoms with Gasteiger partial charge in [-0.05, 0) is 0 Å². The Kier molecular flexibility index (Phi) is 4.92. The minimum atomic E-state index is -0.572. The summed E-state index contributed by atoms with van der Waals surface area (Å²) >= 11 is 4.08. The third-order valence-corrected chi connectivity index (χ3v) is 1.47. The van der Waals surface area contributed by atoms with Crippen molar-refractivity contribution in [1.29, 1.82) is 5.41 Å². The molecule has 0 amide bonds. The van der Waals surface area contributed by atoms with Gasteiger partial charge in [0.15, 0.2) is 0 Å². The second-order valence-corrected chi connectivity index (χ2v) is 3.17. The highest BCUT2D eigenvalue weighted by Crippen LogP contribution is 2.07. The largest absolute Gasteiger partial charge is 0.409 e. The van der Waals surface area contributed by atoms with Crippen molar-refractivity contribution in [2.45, 2.75) is 25.2 Å². The van der Waals surface area contributed by atoms with Crippen molar-refractivity contribution in [2.24, 2.45) is 0 Å². The van der Waals surface area contributed by atoms with E-state index in [1.807, 2.05) is 0 Å². The van der Waals surface area contributed by atoms with E-state index in [0.29, 0.717) is 0 Å². The highest BCUT2D eigenvalue weighted by molar-refractivity contribution is 7.81. The Labute approximate surface area is 77.2 Å². The van der Waals surface area contributed by atoms with Crippen LogP contribution in [0.1, 0.15) is 13.8 Å². The van der Waals surface area contributed by atoms with Gasteiger partial charge in [-0.25, -0.2) is 0 Å². The molecule has 0 heterocycles. The fourth-order valence-corrected chi connectivity index (χ4v) is 0.993. The molecule has 0 saturated carbocycles. The van der Waals surface area contributed by atoms with Gasteiger partial charge in [-0.1, -0.05) is 6.92 Å². The van der Waals surface area contributed by atoms with Crippen molar-refractivity contribution in [3.63, 3.8) is 0 Å². The first-order valence-electron chi connectivity index (χ1n) is 3.46. The van der Waals surface area contributed by atoms with Gasteiger partial charge >= 0.3 is 5.97 Å². The number of rotatable bonds is 3. The van der Waals surface area contributed by atoms with E-state index in [9.17, 15) is 4.79 Å². The lowest BCUT2D eigenvalue weighted by molar-refractivity contribution is -0.133. The van der Waals surface area contributed by atoms with Gasteiger partial charge in [-0.15, -0.1) is 0 Å². The monoisotopic (exact) mass is 191 g/mol. The topological polar surface area (TPSA) is 59.4 Å². The molecule has 5 heteroatoms. The molecule has 2 unspecified atom stereocenters. The van der Waals surface area contributed by atoms with E-state index in [1.165, 1.54) is 14.0 Å². The number of esters is 1. The Bertz CT molecular complexity index is 181. The van der Waals surface area contributed by atoms with Crippen LogP contribution in [0.5, 0.6) is 0 Å². The quantitative estimate of drug-likeness (QED) is 0.301. The molecule has 2 atom stereocenters. The summed E-state index contributed by atoms with van der Waals surface area (Å²) in [5.74, 6) is -0.719. The summed E-state index contributed by atoms with van der Waals surface area (Å²) in [5.41, 5.74) is 0. The molecule has 1 N–H and O–H groups in total. The Hall–Kier alpha value is -0.550. The maximum absolute atomic E-state index is 10.5. The molecule has 0 aliphatic heterocycles. The number of carbonyl (C=O) groups is 1. The van der Waals surface area contributed by atoms with Crippen LogP contribution in [0.15, 0.2) is 0 Å². The van der Waals surface area contributed by atoms with Crippen LogP contribution in [0, 0.1) is 5.41 Å². The molecule has 0 rings (SSSR count). The molecule has 0 saturated heterocycles. The Morgan fingerprint density at radius 1 is 1.58 bits per heavy atom. The van der Waals surface area contributed by atoms with Gasteiger partial charge < -0.3 is 9.47 Å².